The largest absolute Gasteiger partial charge is 0.494 e. The molecule has 1 aliphatic rings. The molecule has 1 saturated carbocycles. The predicted molar refractivity (Wildman–Crippen MR) is 76.0 cm³/mol. The standard InChI is InChI=1S/C16H25NO/c1-3-17-14(2)16(11-12-16)10-7-13-18-15-8-5-4-6-9-15/h4-6,8-9,14,17H,3,7,10-13H2,1-2H3. The van der Waals surface area contributed by atoms with Crippen LogP contribution < -0.4 is 10.1 Å². The van der Waals surface area contributed by atoms with Gasteiger partial charge in [-0.25, -0.2) is 0 Å². The van der Waals surface area contributed by atoms with Gasteiger partial charge in [0.25, 0.3) is 0 Å². The minimum absolute atomic E-state index is 0.566. The highest BCUT2D eigenvalue weighted by atomic mass is 16.5. The van der Waals surface area contributed by atoms with Crippen molar-refractivity contribution in [2.45, 2.75) is 45.6 Å². The van der Waals surface area contributed by atoms with E-state index < -0.39 is 0 Å². The van der Waals surface area contributed by atoms with Gasteiger partial charge in [0.05, 0.1) is 6.61 Å². The molecule has 1 N–H and O–H groups in total. The third-order valence-corrected chi connectivity index (χ3v) is 4.15. The molecular formula is C16H25NO. The highest BCUT2D eigenvalue weighted by molar-refractivity contribution is 5.20. The van der Waals surface area contributed by atoms with Crippen molar-refractivity contribution >= 4 is 0 Å². The van der Waals surface area contributed by atoms with E-state index in [0.717, 1.165) is 25.3 Å². The van der Waals surface area contributed by atoms with E-state index in [1.807, 2.05) is 30.3 Å². The topological polar surface area (TPSA) is 21.3 Å². The lowest BCUT2D eigenvalue weighted by Crippen LogP contribution is -2.34. The maximum Gasteiger partial charge on any atom is 0.119 e. The molecule has 0 saturated heterocycles. The van der Waals surface area contributed by atoms with E-state index in [4.69, 9.17) is 4.74 Å². The Hall–Kier alpha value is -1.02. The fraction of sp³-hybridized carbons (Fsp3) is 0.625. The van der Waals surface area contributed by atoms with Crippen LogP contribution in [-0.4, -0.2) is 19.2 Å². The second-order valence-corrected chi connectivity index (χ2v) is 5.41. The quantitative estimate of drug-likeness (QED) is 0.708. The lowest BCUT2D eigenvalue weighted by atomic mass is 9.92. The third-order valence-electron chi connectivity index (χ3n) is 4.15. The molecule has 1 aromatic carbocycles. The Labute approximate surface area is 111 Å². The van der Waals surface area contributed by atoms with Crippen LogP contribution in [0.25, 0.3) is 0 Å². The van der Waals surface area contributed by atoms with Crippen molar-refractivity contribution in [1.82, 2.24) is 5.32 Å². The zero-order valence-electron chi connectivity index (χ0n) is 11.6. The molecule has 1 aliphatic carbocycles. The van der Waals surface area contributed by atoms with E-state index in [0.29, 0.717) is 11.5 Å². The van der Waals surface area contributed by atoms with E-state index in [9.17, 15) is 0 Å². The molecule has 1 fully saturated rings. The SMILES string of the molecule is CCNC(C)C1(CCCOc2ccccc2)CC1. The normalized spacial score (nSPS) is 18.3. The summed E-state index contributed by atoms with van der Waals surface area (Å²) in [7, 11) is 0. The number of hydrogen-bond donors (Lipinski definition) is 1. The first-order valence-electron chi connectivity index (χ1n) is 7.18. The predicted octanol–water partition coefficient (Wildman–Crippen LogP) is 3.62. The number of ether oxygens (including phenoxy) is 1. The van der Waals surface area contributed by atoms with E-state index in [-0.39, 0.29) is 0 Å². The average molecular weight is 247 g/mol. The molecule has 1 aromatic rings. The number of benzene rings is 1. The van der Waals surface area contributed by atoms with Crippen molar-refractivity contribution in [3.05, 3.63) is 30.3 Å². The summed E-state index contributed by atoms with van der Waals surface area (Å²) in [6.45, 7) is 6.42. The maximum atomic E-state index is 5.75. The molecular weight excluding hydrogens is 222 g/mol. The minimum Gasteiger partial charge on any atom is -0.494 e. The number of hydrogen-bond acceptors (Lipinski definition) is 2. The first-order valence-corrected chi connectivity index (χ1v) is 7.18. The van der Waals surface area contributed by atoms with Gasteiger partial charge in [0, 0.05) is 6.04 Å². The molecule has 0 aliphatic heterocycles. The summed E-state index contributed by atoms with van der Waals surface area (Å²) in [6.07, 6.45) is 5.21. The van der Waals surface area contributed by atoms with Gasteiger partial charge in [0.1, 0.15) is 5.75 Å². The Balaban J connectivity index is 1.67. The van der Waals surface area contributed by atoms with Gasteiger partial charge in [-0.1, -0.05) is 25.1 Å². The molecule has 1 unspecified atom stereocenters. The van der Waals surface area contributed by atoms with Gasteiger partial charge >= 0.3 is 0 Å². The monoisotopic (exact) mass is 247 g/mol. The Morgan fingerprint density at radius 1 is 1.28 bits per heavy atom. The zero-order chi connectivity index (χ0) is 12.8. The molecule has 0 spiro atoms. The van der Waals surface area contributed by atoms with Gasteiger partial charge in [-0.05, 0) is 56.7 Å². The second-order valence-electron chi connectivity index (χ2n) is 5.41. The Kier molecular flexibility index (Phi) is 4.65. The van der Waals surface area contributed by atoms with Crippen LogP contribution in [0.3, 0.4) is 0 Å². The van der Waals surface area contributed by atoms with Gasteiger partial charge in [-0.15, -0.1) is 0 Å². The first kappa shape index (κ1) is 13.4. The number of nitrogens with one attached hydrogen (secondary N) is 1. The lowest BCUT2D eigenvalue weighted by molar-refractivity contribution is 0.264. The van der Waals surface area contributed by atoms with Crippen molar-refractivity contribution in [2.75, 3.05) is 13.2 Å². The van der Waals surface area contributed by atoms with Gasteiger partial charge in [-0.2, -0.15) is 0 Å². The van der Waals surface area contributed by atoms with E-state index in [1.165, 1.54) is 19.3 Å². The van der Waals surface area contributed by atoms with Crippen LogP contribution in [0.5, 0.6) is 5.75 Å². The van der Waals surface area contributed by atoms with E-state index in [1.54, 1.807) is 0 Å². The summed E-state index contributed by atoms with van der Waals surface area (Å²) in [5, 5.41) is 3.57. The fourth-order valence-corrected chi connectivity index (χ4v) is 2.71. The van der Waals surface area contributed by atoms with Crippen LogP contribution >= 0.6 is 0 Å². The van der Waals surface area contributed by atoms with Crippen LogP contribution in [0, 0.1) is 5.41 Å². The van der Waals surface area contributed by atoms with Crippen molar-refractivity contribution in [3.8, 4) is 5.75 Å². The van der Waals surface area contributed by atoms with Crippen LogP contribution in [0.4, 0.5) is 0 Å². The lowest BCUT2D eigenvalue weighted by Gasteiger charge is -2.24. The average Bonchev–Trinajstić information content (AvgIpc) is 3.18. The van der Waals surface area contributed by atoms with Crippen molar-refractivity contribution < 1.29 is 4.74 Å². The van der Waals surface area contributed by atoms with Crippen molar-refractivity contribution in [1.29, 1.82) is 0 Å². The highest BCUT2D eigenvalue weighted by Crippen LogP contribution is 2.52. The summed E-state index contributed by atoms with van der Waals surface area (Å²) in [5.74, 6) is 0.988. The van der Waals surface area contributed by atoms with Gasteiger partial charge in [-0.3, -0.25) is 0 Å². The summed E-state index contributed by atoms with van der Waals surface area (Å²) < 4.78 is 5.75. The molecule has 2 heteroatoms. The van der Waals surface area contributed by atoms with Crippen LogP contribution in [0.15, 0.2) is 30.3 Å². The van der Waals surface area contributed by atoms with Crippen LogP contribution in [-0.2, 0) is 0 Å². The van der Waals surface area contributed by atoms with E-state index >= 15 is 0 Å². The van der Waals surface area contributed by atoms with Crippen LogP contribution in [0.1, 0.15) is 39.5 Å². The molecule has 0 bridgehead atoms. The molecule has 0 aromatic heterocycles. The molecule has 0 heterocycles. The molecule has 2 nitrogen and oxygen atoms in total. The summed E-state index contributed by atoms with van der Waals surface area (Å²) >= 11 is 0. The third kappa shape index (κ3) is 3.49. The summed E-state index contributed by atoms with van der Waals surface area (Å²) in [6, 6.07) is 10.8. The van der Waals surface area contributed by atoms with Crippen molar-refractivity contribution in [3.63, 3.8) is 0 Å². The Bertz CT molecular complexity index is 345. The maximum absolute atomic E-state index is 5.75. The highest BCUT2D eigenvalue weighted by Gasteiger charge is 2.46. The van der Waals surface area contributed by atoms with Gasteiger partial charge in [0.15, 0.2) is 0 Å². The van der Waals surface area contributed by atoms with Crippen molar-refractivity contribution in [2.24, 2.45) is 5.41 Å². The molecule has 0 amide bonds. The summed E-state index contributed by atoms with van der Waals surface area (Å²) in [4.78, 5) is 0. The van der Waals surface area contributed by atoms with E-state index in [2.05, 4.69) is 19.2 Å². The molecule has 18 heavy (non-hydrogen) atoms. The molecule has 1 atom stereocenters. The zero-order valence-corrected chi connectivity index (χ0v) is 11.6. The molecule has 0 radical (unpaired) electrons. The van der Waals surface area contributed by atoms with Crippen LogP contribution in [0.2, 0.25) is 0 Å². The Morgan fingerprint density at radius 2 is 2.00 bits per heavy atom. The molecule has 100 valence electrons. The second kappa shape index (κ2) is 6.24. The number of rotatable bonds is 8. The fourth-order valence-electron chi connectivity index (χ4n) is 2.71. The first-order chi connectivity index (χ1) is 8.77. The minimum atomic E-state index is 0.566. The molecule has 2 rings (SSSR count). The number of para-hydroxylation sites is 1. The van der Waals surface area contributed by atoms with Gasteiger partial charge in [0.2, 0.25) is 0 Å². The van der Waals surface area contributed by atoms with Gasteiger partial charge < -0.3 is 10.1 Å². The smallest absolute Gasteiger partial charge is 0.119 e. The summed E-state index contributed by atoms with van der Waals surface area (Å²) in [5.41, 5.74) is 0.566. The Morgan fingerprint density at radius 3 is 2.61 bits per heavy atom.